The third-order valence-electron chi connectivity index (χ3n) is 4.51. The van der Waals surface area contributed by atoms with Gasteiger partial charge in [0.1, 0.15) is 12.4 Å². The van der Waals surface area contributed by atoms with E-state index in [9.17, 15) is 4.79 Å². The van der Waals surface area contributed by atoms with Crippen molar-refractivity contribution in [1.29, 1.82) is 0 Å². The van der Waals surface area contributed by atoms with Gasteiger partial charge in [-0.1, -0.05) is 23.7 Å². The number of nitrogens with zero attached hydrogens (tertiary/aromatic N) is 1. The molecule has 3 aromatic carbocycles. The van der Waals surface area contributed by atoms with Crippen LogP contribution in [-0.2, 0) is 6.61 Å². The molecule has 0 unspecified atom stereocenters. The van der Waals surface area contributed by atoms with Crippen LogP contribution in [0, 0.1) is 0 Å². The fourth-order valence-electron chi connectivity index (χ4n) is 2.84. The Morgan fingerprint density at radius 2 is 1.56 bits per heavy atom. The van der Waals surface area contributed by atoms with E-state index >= 15 is 0 Å². The molecule has 0 aliphatic heterocycles. The highest BCUT2D eigenvalue weighted by molar-refractivity contribution is 6.30. The van der Waals surface area contributed by atoms with Crippen molar-refractivity contribution in [3.63, 3.8) is 0 Å². The van der Waals surface area contributed by atoms with E-state index in [-0.39, 0.29) is 0 Å². The third kappa shape index (κ3) is 5.92. The highest BCUT2D eigenvalue weighted by atomic mass is 35.5. The third-order valence-corrected chi connectivity index (χ3v) is 4.76. The van der Waals surface area contributed by atoms with Gasteiger partial charge in [0, 0.05) is 10.6 Å². The Morgan fingerprint density at radius 3 is 2.12 bits per heavy atom. The van der Waals surface area contributed by atoms with Gasteiger partial charge in [-0.2, -0.15) is 5.10 Å². The molecule has 0 aliphatic carbocycles. The van der Waals surface area contributed by atoms with Gasteiger partial charge in [-0.25, -0.2) is 5.43 Å². The number of ether oxygens (including phenoxy) is 4. The number of rotatable bonds is 9. The number of halogens is 1. The predicted octanol–water partition coefficient (Wildman–Crippen LogP) is 4.71. The molecule has 1 amide bonds. The average molecular weight is 455 g/mol. The summed E-state index contributed by atoms with van der Waals surface area (Å²) in [7, 11) is 4.47. The van der Waals surface area contributed by atoms with Crippen LogP contribution in [0.15, 0.2) is 65.8 Å². The molecule has 3 rings (SSSR count). The lowest BCUT2D eigenvalue weighted by Crippen LogP contribution is -2.18. The lowest BCUT2D eigenvalue weighted by molar-refractivity contribution is 0.0954. The van der Waals surface area contributed by atoms with Gasteiger partial charge in [0.2, 0.25) is 5.75 Å². The monoisotopic (exact) mass is 454 g/mol. The molecule has 0 radical (unpaired) electrons. The van der Waals surface area contributed by atoms with Crippen molar-refractivity contribution in [3.8, 4) is 23.0 Å². The molecule has 0 saturated carbocycles. The van der Waals surface area contributed by atoms with Crippen LogP contribution < -0.4 is 24.4 Å². The molecule has 0 saturated heterocycles. The van der Waals surface area contributed by atoms with Crippen LogP contribution >= 0.6 is 11.6 Å². The van der Waals surface area contributed by atoms with E-state index in [0.29, 0.717) is 34.4 Å². The van der Waals surface area contributed by atoms with E-state index in [1.807, 2.05) is 48.5 Å². The van der Waals surface area contributed by atoms with Crippen molar-refractivity contribution in [2.45, 2.75) is 6.61 Å². The Labute approximate surface area is 191 Å². The minimum Gasteiger partial charge on any atom is -0.493 e. The van der Waals surface area contributed by atoms with Gasteiger partial charge in [0.25, 0.3) is 5.91 Å². The van der Waals surface area contributed by atoms with E-state index in [1.165, 1.54) is 21.3 Å². The maximum Gasteiger partial charge on any atom is 0.271 e. The maximum atomic E-state index is 12.5. The summed E-state index contributed by atoms with van der Waals surface area (Å²) < 4.78 is 21.6. The zero-order chi connectivity index (χ0) is 22.9. The van der Waals surface area contributed by atoms with Crippen molar-refractivity contribution in [2.24, 2.45) is 5.10 Å². The van der Waals surface area contributed by atoms with Gasteiger partial charge in [-0.15, -0.1) is 0 Å². The van der Waals surface area contributed by atoms with Gasteiger partial charge >= 0.3 is 0 Å². The van der Waals surface area contributed by atoms with E-state index in [2.05, 4.69) is 10.5 Å². The summed E-state index contributed by atoms with van der Waals surface area (Å²) in [5.74, 6) is 1.49. The molecule has 0 heterocycles. The average Bonchev–Trinajstić information content (AvgIpc) is 2.83. The smallest absolute Gasteiger partial charge is 0.271 e. The Bertz CT molecular complexity index is 1060. The normalized spacial score (nSPS) is 10.6. The molecule has 0 bridgehead atoms. The number of benzene rings is 3. The summed E-state index contributed by atoms with van der Waals surface area (Å²) in [4.78, 5) is 12.5. The number of methoxy groups -OCH3 is 3. The molecule has 32 heavy (non-hydrogen) atoms. The summed E-state index contributed by atoms with van der Waals surface area (Å²) in [5.41, 5.74) is 4.63. The van der Waals surface area contributed by atoms with Crippen molar-refractivity contribution in [3.05, 3.63) is 82.4 Å². The Hall–Kier alpha value is -3.71. The number of hydrogen-bond acceptors (Lipinski definition) is 6. The zero-order valence-corrected chi connectivity index (χ0v) is 18.7. The fraction of sp³-hybridized carbons (Fsp3) is 0.167. The molecule has 0 aromatic heterocycles. The van der Waals surface area contributed by atoms with Crippen molar-refractivity contribution in [1.82, 2.24) is 5.43 Å². The van der Waals surface area contributed by atoms with Crippen LogP contribution in [0.5, 0.6) is 23.0 Å². The van der Waals surface area contributed by atoms with Gasteiger partial charge in [0.05, 0.1) is 27.5 Å². The topological polar surface area (TPSA) is 78.4 Å². The van der Waals surface area contributed by atoms with Gasteiger partial charge in [-0.3, -0.25) is 4.79 Å². The Morgan fingerprint density at radius 1 is 0.938 bits per heavy atom. The Kier molecular flexibility index (Phi) is 7.94. The van der Waals surface area contributed by atoms with E-state index in [4.69, 9.17) is 30.5 Å². The second-order valence-electron chi connectivity index (χ2n) is 6.60. The molecule has 0 aliphatic rings. The highest BCUT2D eigenvalue weighted by Crippen LogP contribution is 2.38. The first-order chi connectivity index (χ1) is 15.5. The first-order valence-electron chi connectivity index (χ1n) is 9.64. The van der Waals surface area contributed by atoms with Gasteiger partial charge < -0.3 is 18.9 Å². The summed E-state index contributed by atoms with van der Waals surface area (Å²) >= 11 is 5.89. The van der Waals surface area contributed by atoms with Crippen molar-refractivity contribution >= 4 is 23.7 Å². The Balaban J connectivity index is 1.58. The van der Waals surface area contributed by atoms with Crippen LogP contribution in [-0.4, -0.2) is 33.5 Å². The summed E-state index contributed by atoms with van der Waals surface area (Å²) in [5, 5.41) is 4.70. The lowest BCUT2D eigenvalue weighted by Gasteiger charge is -2.13. The van der Waals surface area contributed by atoms with Crippen LogP contribution in [0.4, 0.5) is 0 Å². The minimum atomic E-state index is -0.413. The molecule has 8 heteroatoms. The number of hydrogen-bond donors (Lipinski definition) is 1. The highest BCUT2D eigenvalue weighted by Gasteiger charge is 2.16. The molecule has 166 valence electrons. The lowest BCUT2D eigenvalue weighted by atomic mass is 10.1. The maximum absolute atomic E-state index is 12.5. The summed E-state index contributed by atoms with van der Waals surface area (Å²) in [6.45, 7) is 0.440. The minimum absolute atomic E-state index is 0.322. The number of amides is 1. The summed E-state index contributed by atoms with van der Waals surface area (Å²) in [6.07, 6.45) is 1.54. The largest absolute Gasteiger partial charge is 0.493 e. The molecular weight excluding hydrogens is 432 g/mol. The molecule has 0 atom stereocenters. The first-order valence-corrected chi connectivity index (χ1v) is 10.0. The molecular formula is C24H23ClN2O5. The standard InChI is InChI=1S/C24H23ClN2O5/c1-29-21-12-18(13-22(30-2)23(21)31-3)24(28)27-26-14-16-6-10-20(11-7-16)32-15-17-4-8-19(25)9-5-17/h4-14H,15H2,1-3H3,(H,27,28). The molecule has 0 spiro atoms. The number of carbonyl (C=O) groups is 1. The second kappa shape index (κ2) is 11.1. The number of nitrogens with one attached hydrogen (secondary N) is 1. The van der Waals surface area contributed by atoms with Crippen LogP contribution in [0.2, 0.25) is 5.02 Å². The fourth-order valence-corrected chi connectivity index (χ4v) is 2.97. The van der Waals surface area contributed by atoms with Gasteiger partial charge in [0.15, 0.2) is 11.5 Å². The number of hydrazone groups is 1. The van der Waals surface area contributed by atoms with Crippen LogP contribution in [0.25, 0.3) is 0 Å². The van der Waals surface area contributed by atoms with Crippen molar-refractivity contribution < 1.29 is 23.7 Å². The van der Waals surface area contributed by atoms with Crippen LogP contribution in [0.1, 0.15) is 21.5 Å². The molecule has 1 N–H and O–H groups in total. The number of carbonyl (C=O) groups excluding carboxylic acids is 1. The molecule has 0 fully saturated rings. The quantitative estimate of drug-likeness (QED) is 0.374. The molecule has 3 aromatic rings. The van der Waals surface area contributed by atoms with E-state index in [1.54, 1.807) is 18.3 Å². The predicted molar refractivity (Wildman–Crippen MR) is 123 cm³/mol. The van der Waals surface area contributed by atoms with Crippen molar-refractivity contribution in [2.75, 3.05) is 21.3 Å². The zero-order valence-electron chi connectivity index (χ0n) is 17.9. The SMILES string of the molecule is COc1cc(C(=O)NN=Cc2ccc(OCc3ccc(Cl)cc3)cc2)cc(OC)c1OC. The first kappa shape index (κ1) is 23.0. The van der Waals surface area contributed by atoms with Gasteiger partial charge in [-0.05, 0) is 59.7 Å². The molecule has 7 nitrogen and oxygen atoms in total. The van der Waals surface area contributed by atoms with Crippen LogP contribution in [0.3, 0.4) is 0 Å². The summed E-state index contributed by atoms with van der Waals surface area (Å²) in [6, 6.07) is 17.9. The van der Waals surface area contributed by atoms with E-state index in [0.717, 1.165) is 16.9 Å². The second-order valence-corrected chi connectivity index (χ2v) is 7.03. The van der Waals surface area contributed by atoms with E-state index < -0.39 is 5.91 Å².